The molecule has 0 saturated carbocycles. The molecule has 1 aromatic carbocycles. The van der Waals surface area contributed by atoms with Gasteiger partial charge in [0, 0.05) is 29.2 Å². The van der Waals surface area contributed by atoms with Crippen LogP contribution in [0.2, 0.25) is 0 Å². The van der Waals surface area contributed by atoms with Crippen LogP contribution in [-0.4, -0.2) is 4.98 Å². The van der Waals surface area contributed by atoms with Crippen molar-refractivity contribution in [2.24, 2.45) is 0 Å². The van der Waals surface area contributed by atoms with Gasteiger partial charge in [-0.05, 0) is 19.1 Å². The molecule has 0 saturated heterocycles. The van der Waals surface area contributed by atoms with E-state index in [-0.39, 0.29) is 5.82 Å². The van der Waals surface area contributed by atoms with Gasteiger partial charge in [0.25, 0.3) is 0 Å². The third-order valence-corrected chi connectivity index (χ3v) is 3.46. The summed E-state index contributed by atoms with van der Waals surface area (Å²) < 4.78 is 13.5. The molecule has 0 aliphatic heterocycles. The van der Waals surface area contributed by atoms with Gasteiger partial charge in [0.15, 0.2) is 0 Å². The molecule has 0 amide bonds. The van der Waals surface area contributed by atoms with Crippen molar-refractivity contribution in [1.82, 2.24) is 10.3 Å². The number of hydrogen-bond acceptors (Lipinski definition) is 4. The molecular weight excluding hydrogens is 237 g/mol. The number of aromatic nitrogens is 1. The molecule has 0 radical (unpaired) electrons. The molecule has 3 nitrogen and oxygen atoms in total. The maximum absolute atomic E-state index is 13.5. The molecule has 5 heteroatoms. The van der Waals surface area contributed by atoms with Crippen LogP contribution in [0, 0.1) is 12.7 Å². The third kappa shape index (κ3) is 3.01. The van der Waals surface area contributed by atoms with E-state index in [4.69, 9.17) is 5.73 Å². The van der Waals surface area contributed by atoms with E-state index in [0.717, 1.165) is 5.69 Å². The Morgan fingerprint density at radius 3 is 2.88 bits per heavy atom. The van der Waals surface area contributed by atoms with Crippen molar-refractivity contribution in [3.8, 4) is 0 Å². The Kier molecular flexibility index (Phi) is 3.71. The quantitative estimate of drug-likeness (QED) is 0.821. The summed E-state index contributed by atoms with van der Waals surface area (Å²) in [5.41, 5.74) is 9.40. The van der Waals surface area contributed by atoms with E-state index in [0.29, 0.717) is 24.3 Å². The molecule has 0 atom stereocenters. The minimum absolute atomic E-state index is 0.265. The molecule has 0 aliphatic rings. The van der Waals surface area contributed by atoms with Crippen molar-refractivity contribution in [3.05, 3.63) is 45.7 Å². The lowest BCUT2D eigenvalue weighted by atomic mass is 10.2. The average molecular weight is 251 g/mol. The molecule has 2 aromatic rings. The number of hydrogen-bond donors (Lipinski definition) is 2. The van der Waals surface area contributed by atoms with E-state index < -0.39 is 0 Å². The third-order valence-electron chi connectivity index (χ3n) is 2.52. The second-order valence-corrected chi connectivity index (χ2v) is 4.75. The van der Waals surface area contributed by atoms with Crippen molar-refractivity contribution >= 4 is 17.0 Å². The predicted molar refractivity (Wildman–Crippen MR) is 68.2 cm³/mol. The molecule has 1 aromatic heterocycles. The highest BCUT2D eigenvalue weighted by molar-refractivity contribution is 7.09. The molecular formula is C12H14FN3S. The number of nitrogen functional groups attached to an aromatic ring is 1. The van der Waals surface area contributed by atoms with Crippen LogP contribution < -0.4 is 11.1 Å². The first kappa shape index (κ1) is 12.0. The van der Waals surface area contributed by atoms with Crippen LogP contribution in [-0.2, 0) is 13.1 Å². The highest BCUT2D eigenvalue weighted by Gasteiger charge is 2.04. The van der Waals surface area contributed by atoms with Crippen LogP contribution in [0.15, 0.2) is 23.7 Å². The van der Waals surface area contributed by atoms with E-state index in [1.807, 2.05) is 12.4 Å². The summed E-state index contributed by atoms with van der Waals surface area (Å²) in [6, 6.07) is 4.75. The lowest BCUT2D eigenvalue weighted by Gasteiger charge is -2.06. The second-order valence-electron chi connectivity index (χ2n) is 3.82. The molecule has 0 bridgehead atoms. The van der Waals surface area contributed by atoms with Crippen LogP contribution in [0.1, 0.15) is 16.1 Å². The first-order chi connectivity index (χ1) is 8.16. The first-order valence-electron chi connectivity index (χ1n) is 5.30. The van der Waals surface area contributed by atoms with Gasteiger partial charge in [-0.3, -0.25) is 0 Å². The number of rotatable bonds is 4. The summed E-state index contributed by atoms with van der Waals surface area (Å²) in [5, 5.41) is 3.19. The SMILES string of the molecule is Cc1ncsc1CNCc1ccc(N)cc1F. The van der Waals surface area contributed by atoms with Crippen LogP contribution in [0.4, 0.5) is 10.1 Å². The van der Waals surface area contributed by atoms with Crippen molar-refractivity contribution in [2.75, 3.05) is 5.73 Å². The summed E-state index contributed by atoms with van der Waals surface area (Å²) in [6.07, 6.45) is 0. The Bertz CT molecular complexity index is 510. The number of benzene rings is 1. The number of nitrogens with one attached hydrogen (secondary N) is 1. The van der Waals surface area contributed by atoms with E-state index in [1.54, 1.807) is 23.5 Å². The largest absolute Gasteiger partial charge is 0.399 e. The van der Waals surface area contributed by atoms with Gasteiger partial charge < -0.3 is 11.1 Å². The summed E-state index contributed by atoms with van der Waals surface area (Å²) in [4.78, 5) is 5.34. The zero-order valence-electron chi connectivity index (χ0n) is 9.53. The van der Waals surface area contributed by atoms with E-state index in [9.17, 15) is 4.39 Å². The van der Waals surface area contributed by atoms with Crippen LogP contribution in [0.25, 0.3) is 0 Å². The average Bonchev–Trinajstić information content (AvgIpc) is 2.68. The highest BCUT2D eigenvalue weighted by Crippen LogP contribution is 2.14. The van der Waals surface area contributed by atoms with Gasteiger partial charge in [0.05, 0.1) is 11.2 Å². The fraction of sp³-hybridized carbons (Fsp3) is 0.250. The van der Waals surface area contributed by atoms with E-state index >= 15 is 0 Å². The Balaban J connectivity index is 1.92. The number of thiazole rings is 1. The Hall–Kier alpha value is -1.46. The van der Waals surface area contributed by atoms with Crippen molar-refractivity contribution in [1.29, 1.82) is 0 Å². The summed E-state index contributed by atoms with van der Waals surface area (Å²) in [5.74, 6) is -0.265. The van der Waals surface area contributed by atoms with Crippen molar-refractivity contribution in [2.45, 2.75) is 20.0 Å². The fourth-order valence-corrected chi connectivity index (χ4v) is 2.26. The number of nitrogens with two attached hydrogens (primary N) is 1. The van der Waals surface area contributed by atoms with Crippen LogP contribution in [0.3, 0.4) is 0 Å². The van der Waals surface area contributed by atoms with E-state index in [2.05, 4.69) is 10.3 Å². The van der Waals surface area contributed by atoms with Crippen LogP contribution in [0.5, 0.6) is 0 Å². The fourth-order valence-electron chi connectivity index (χ4n) is 1.51. The maximum atomic E-state index is 13.5. The van der Waals surface area contributed by atoms with E-state index in [1.165, 1.54) is 10.9 Å². The molecule has 17 heavy (non-hydrogen) atoms. The minimum Gasteiger partial charge on any atom is -0.399 e. The number of halogens is 1. The predicted octanol–water partition coefficient (Wildman–Crippen LogP) is 2.46. The topological polar surface area (TPSA) is 50.9 Å². The Labute approximate surface area is 103 Å². The number of aryl methyl sites for hydroxylation is 1. The second kappa shape index (κ2) is 5.25. The summed E-state index contributed by atoms with van der Waals surface area (Å²) in [7, 11) is 0. The van der Waals surface area contributed by atoms with Crippen molar-refractivity contribution in [3.63, 3.8) is 0 Å². The normalized spacial score (nSPS) is 10.7. The maximum Gasteiger partial charge on any atom is 0.129 e. The summed E-state index contributed by atoms with van der Waals surface area (Å²) >= 11 is 1.60. The van der Waals surface area contributed by atoms with Gasteiger partial charge in [0.2, 0.25) is 0 Å². The smallest absolute Gasteiger partial charge is 0.129 e. The highest BCUT2D eigenvalue weighted by atomic mass is 32.1. The monoisotopic (exact) mass is 251 g/mol. The molecule has 1 heterocycles. The lowest BCUT2D eigenvalue weighted by molar-refractivity contribution is 0.589. The lowest BCUT2D eigenvalue weighted by Crippen LogP contribution is -2.13. The molecule has 0 spiro atoms. The molecule has 90 valence electrons. The van der Waals surface area contributed by atoms with Gasteiger partial charge in [0.1, 0.15) is 5.82 Å². The minimum atomic E-state index is -0.265. The molecule has 2 rings (SSSR count). The molecule has 3 N–H and O–H groups in total. The Morgan fingerprint density at radius 1 is 1.41 bits per heavy atom. The zero-order chi connectivity index (χ0) is 12.3. The van der Waals surface area contributed by atoms with Gasteiger partial charge in [-0.15, -0.1) is 11.3 Å². The molecule has 0 fully saturated rings. The standard InChI is InChI=1S/C12H14FN3S/c1-8-12(17-7-16-8)6-15-5-9-2-3-10(14)4-11(9)13/h2-4,7,15H,5-6,14H2,1H3. The van der Waals surface area contributed by atoms with Gasteiger partial charge in [-0.2, -0.15) is 0 Å². The molecule has 0 unspecified atom stereocenters. The molecule has 0 aliphatic carbocycles. The summed E-state index contributed by atoms with van der Waals surface area (Å²) in [6.45, 7) is 3.17. The van der Waals surface area contributed by atoms with Gasteiger partial charge in [-0.1, -0.05) is 6.07 Å². The Morgan fingerprint density at radius 2 is 2.24 bits per heavy atom. The number of anilines is 1. The number of nitrogens with zero attached hydrogens (tertiary/aromatic N) is 1. The van der Waals surface area contributed by atoms with Crippen LogP contribution >= 0.6 is 11.3 Å². The van der Waals surface area contributed by atoms with Gasteiger partial charge >= 0.3 is 0 Å². The zero-order valence-corrected chi connectivity index (χ0v) is 10.4. The van der Waals surface area contributed by atoms with Gasteiger partial charge in [-0.25, -0.2) is 9.37 Å². The first-order valence-corrected chi connectivity index (χ1v) is 6.18. The van der Waals surface area contributed by atoms with Crippen molar-refractivity contribution < 1.29 is 4.39 Å².